The van der Waals surface area contributed by atoms with Gasteiger partial charge in [-0.3, -0.25) is 0 Å². The molecule has 18 heavy (non-hydrogen) atoms. The van der Waals surface area contributed by atoms with Crippen LogP contribution in [0.3, 0.4) is 0 Å². The second-order valence-corrected chi connectivity index (χ2v) is 5.04. The van der Waals surface area contributed by atoms with Crippen LogP contribution in [0.1, 0.15) is 23.6 Å². The van der Waals surface area contributed by atoms with Crippen molar-refractivity contribution in [1.29, 1.82) is 0 Å². The highest BCUT2D eigenvalue weighted by Crippen LogP contribution is 2.25. The number of aromatic nitrogens is 2. The summed E-state index contributed by atoms with van der Waals surface area (Å²) in [6.45, 7) is 3.73. The van der Waals surface area contributed by atoms with E-state index in [9.17, 15) is 4.39 Å². The standard InChI is InChI=1S/C13H11Cl2FN2/c1-7(14)10-6-17-13(18-8(10)2)9-3-4-12(16)11(15)5-9/h3-7H,1-2H3. The van der Waals surface area contributed by atoms with Crippen LogP contribution >= 0.6 is 23.2 Å². The molecule has 0 amide bonds. The summed E-state index contributed by atoms with van der Waals surface area (Å²) in [5.41, 5.74) is 2.37. The summed E-state index contributed by atoms with van der Waals surface area (Å²) < 4.78 is 13.1. The first-order valence-corrected chi connectivity index (χ1v) is 6.23. The average Bonchev–Trinajstić information content (AvgIpc) is 2.32. The molecule has 0 saturated heterocycles. The summed E-state index contributed by atoms with van der Waals surface area (Å²) in [5.74, 6) is 0.0543. The van der Waals surface area contributed by atoms with Crippen molar-refractivity contribution in [1.82, 2.24) is 9.97 Å². The fraction of sp³-hybridized carbons (Fsp3) is 0.231. The molecule has 2 nitrogen and oxygen atoms in total. The highest BCUT2D eigenvalue weighted by molar-refractivity contribution is 6.31. The van der Waals surface area contributed by atoms with E-state index in [1.54, 1.807) is 12.3 Å². The third kappa shape index (κ3) is 2.62. The maximum atomic E-state index is 13.1. The Kier molecular flexibility index (Phi) is 3.83. The molecule has 2 aromatic rings. The zero-order chi connectivity index (χ0) is 13.3. The lowest BCUT2D eigenvalue weighted by molar-refractivity contribution is 0.628. The van der Waals surface area contributed by atoms with Crippen LogP contribution in [-0.4, -0.2) is 9.97 Å². The third-order valence-electron chi connectivity index (χ3n) is 2.62. The van der Waals surface area contributed by atoms with Gasteiger partial charge in [0.1, 0.15) is 5.82 Å². The maximum absolute atomic E-state index is 13.1. The van der Waals surface area contributed by atoms with E-state index in [0.717, 1.165) is 11.3 Å². The Labute approximate surface area is 115 Å². The topological polar surface area (TPSA) is 25.8 Å². The molecule has 0 aliphatic rings. The van der Waals surface area contributed by atoms with Gasteiger partial charge in [-0.25, -0.2) is 14.4 Å². The maximum Gasteiger partial charge on any atom is 0.159 e. The zero-order valence-electron chi connectivity index (χ0n) is 9.92. The molecule has 1 aromatic carbocycles. The van der Waals surface area contributed by atoms with Crippen molar-refractivity contribution >= 4 is 23.2 Å². The van der Waals surface area contributed by atoms with Crippen molar-refractivity contribution in [2.45, 2.75) is 19.2 Å². The highest BCUT2D eigenvalue weighted by atomic mass is 35.5. The number of hydrogen-bond acceptors (Lipinski definition) is 2. The molecule has 0 radical (unpaired) electrons. The van der Waals surface area contributed by atoms with E-state index in [4.69, 9.17) is 23.2 Å². The van der Waals surface area contributed by atoms with Crippen LogP contribution in [-0.2, 0) is 0 Å². The normalized spacial score (nSPS) is 12.5. The lowest BCUT2D eigenvalue weighted by Gasteiger charge is -2.08. The second-order valence-electron chi connectivity index (χ2n) is 3.98. The molecule has 5 heteroatoms. The lowest BCUT2D eigenvalue weighted by Crippen LogP contribution is -1.98. The van der Waals surface area contributed by atoms with Crippen molar-refractivity contribution in [2.75, 3.05) is 0 Å². The van der Waals surface area contributed by atoms with Gasteiger partial charge in [0.15, 0.2) is 5.82 Å². The summed E-state index contributed by atoms with van der Waals surface area (Å²) in [6.07, 6.45) is 1.69. The third-order valence-corrected chi connectivity index (χ3v) is 3.15. The van der Waals surface area contributed by atoms with E-state index in [2.05, 4.69) is 9.97 Å². The minimum atomic E-state index is -0.455. The summed E-state index contributed by atoms with van der Waals surface area (Å²) in [5, 5.41) is -0.0839. The SMILES string of the molecule is Cc1nc(-c2ccc(F)c(Cl)c2)ncc1C(C)Cl. The van der Waals surface area contributed by atoms with Crippen LogP contribution in [0.15, 0.2) is 24.4 Å². The number of hydrogen-bond donors (Lipinski definition) is 0. The van der Waals surface area contributed by atoms with Crippen LogP contribution in [0.2, 0.25) is 5.02 Å². The molecule has 1 atom stereocenters. The molecule has 1 heterocycles. The first-order valence-electron chi connectivity index (χ1n) is 5.42. The first kappa shape index (κ1) is 13.2. The Morgan fingerprint density at radius 3 is 2.61 bits per heavy atom. The molecule has 0 fully saturated rings. The quantitative estimate of drug-likeness (QED) is 0.757. The van der Waals surface area contributed by atoms with E-state index < -0.39 is 5.82 Å². The van der Waals surface area contributed by atoms with Gasteiger partial charge >= 0.3 is 0 Å². The van der Waals surface area contributed by atoms with Crippen LogP contribution in [0.25, 0.3) is 11.4 Å². The molecular weight excluding hydrogens is 274 g/mol. The van der Waals surface area contributed by atoms with Crippen LogP contribution < -0.4 is 0 Å². The average molecular weight is 285 g/mol. The highest BCUT2D eigenvalue weighted by Gasteiger charge is 2.10. The van der Waals surface area contributed by atoms with Gasteiger partial charge in [0, 0.05) is 23.0 Å². The van der Waals surface area contributed by atoms with Crippen molar-refractivity contribution in [3.63, 3.8) is 0 Å². The predicted molar refractivity (Wildman–Crippen MR) is 71.4 cm³/mol. The number of halogens is 3. The van der Waals surface area contributed by atoms with E-state index in [1.807, 2.05) is 13.8 Å². The van der Waals surface area contributed by atoms with E-state index >= 15 is 0 Å². The molecule has 0 spiro atoms. The number of alkyl halides is 1. The second kappa shape index (κ2) is 5.21. The molecule has 0 aliphatic carbocycles. The summed E-state index contributed by atoms with van der Waals surface area (Å²) in [7, 11) is 0. The van der Waals surface area contributed by atoms with Gasteiger partial charge in [0.25, 0.3) is 0 Å². The number of nitrogens with zero attached hydrogens (tertiary/aromatic N) is 2. The number of aryl methyl sites for hydroxylation is 1. The van der Waals surface area contributed by atoms with Gasteiger partial charge in [-0.1, -0.05) is 11.6 Å². The van der Waals surface area contributed by atoms with Gasteiger partial charge in [0.05, 0.1) is 10.4 Å². The molecule has 0 aliphatic heterocycles. The molecular formula is C13H11Cl2FN2. The van der Waals surface area contributed by atoms with Crippen molar-refractivity contribution in [2.24, 2.45) is 0 Å². The molecule has 94 valence electrons. The Morgan fingerprint density at radius 2 is 2.06 bits per heavy atom. The molecule has 0 N–H and O–H groups in total. The molecule has 1 unspecified atom stereocenters. The largest absolute Gasteiger partial charge is 0.236 e. The fourth-order valence-corrected chi connectivity index (χ4v) is 2.04. The lowest BCUT2D eigenvalue weighted by atomic mass is 10.1. The summed E-state index contributed by atoms with van der Waals surface area (Å²) in [6, 6.07) is 4.41. The van der Waals surface area contributed by atoms with Gasteiger partial charge < -0.3 is 0 Å². The minimum absolute atomic E-state index is 0.0588. The van der Waals surface area contributed by atoms with Gasteiger partial charge in [0.2, 0.25) is 0 Å². The van der Waals surface area contributed by atoms with E-state index in [1.165, 1.54) is 12.1 Å². The monoisotopic (exact) mass is 284 g/mol. The van der Waals surface area contributed by atoms with Crippen LogP contribution in [0.5, 0.6) is 0 Å². The van der Waals surface area contributed by atoms with Crippen LogP contribution in [0, 0.1) is 12.7 Å². The predicted octanol–water partition coefficient (Wildman–Crippen LogP) is 4.54. The van der Waals surface area contributed by atoms with Crippen LogP contribution in [0.4, 0.5) is 4.39 Å². The zero-order valence-corrected chi connectivity index (χ0v) is 11.4. The molecule has 0 bridgehead atoms. The molecule has 0 saturated carbocycles. The van der Waals surface area contributed by atoms with E-state index in [0.29, 0.717) is 11.4 Å². The smallest absolute Gasteiger partial charge is 0.159 e. The van der Waals surface area contributed by atoms with Crippen molar-refractivity contribution in [3.05, 3.63) is 46.5 Å². The number of benzene rings is 1. The fourth-order valence-electron chi connectivity index (χ4n) is 1.64. The summed E-state index contributed by atoms with van der Waals surface area (Å²) >= 11 is 11.7. The van der Waals surface area contributed by atoms with E-state index in [-0.39, 0.29) is 10.4 Å². The van der Waals surface area contributed by atoms with Crippen molar-refractivity contribution in [3.8, 4) is 11.4 Å². The Morgan fingerprint density at radius 1 is 1.33 bits per heavy atom. The minimum Gasteiger partial charge on any atom is -0.236 e. The summed E-state index contributed by atoms with van der Waals surface area (Å²) in [4.78, 5) is 8.58. The Bertz CT molecular complexity index is 585. The van der Waals surface area contributed by atoms with Gasteiger partial charge in [-0.2, -0.15) is 0 Å². The van der Waals surface area contributed by atoms with Gasteiger partial charge in [-0.05, 0) is 32.0 Å². The first-order chi connectivity index (χ1) is 8.49. The molecule has 1 aromatic heterocycles. The van der Waals surface area contributed by atoms with Crippen molar-refractivity contribution < 1.29 is 4.39 Å². The Hall–Kier alpha value is -1.19. The van der Waals surface area contributed by atoms with Gasteiger partial charge in [-0.15, -0.1) is 11.6 Å². The number of rotatable bonds is 2. The molecule has 2 rings (SSSR count). The Balaban J connectivity index is 2.45.